The monoisotopic (exact) mass is 256 g/mol. The number of hydrogen-bond acceptors (Lipinski definition) is 1. The lowest BCUT2D eigenvalue weighted by Gasteiger charge is -2.42. The average molecular weight is 256 g/mol. The van der Waals surface area contributed by atoms with E-state index in [2.05, 4.69) is 52.8 Å². The van der Waals surface area contributed by atoms with E-state index in [9.17, 15) is 5.11 Å². The summed E-state index contributed by atoms with van der Waals surface area (Å²) in [5.41, 5.74) is 1.73. The Bertz CT molecular complexity index is 594. The Labute approximate surface area is 116 Å². The lowest BCUT2D eigenvalue weighted by Crippen LogP contribution is -2.35. The molecule has 1 nitrogen and oxygen atoms in total. The van der Waals surface area contributed by atoms with Gasteiger partial charge in [0, 0.05) is 0 Å². The third kappa shape index (κ3) is 2.34. The Morgan fingerprint density at radius 1 is 0.895 bits per heavy atom. The number of rotatable bonds is 3. The van der Waals surface area contributed by atoms with Crippen molar-refractivity contribution in [3.63, 3.8) is 0 Å². The number of phenols is 1. The van der Waals surface area contributed by atoms with Crippen molar-refractivity contribution in [3.05, 3.63) is 42.0 Å². The summed E-state index contributed by atoms with van der Waals surface area (Å²) in [6.45, 7) is 11.5. The van der Waals surface area contributed by atoms with E-state index >= 15 is 0 Å². The van der Waals surface area contributed by atoms with Crippen LogP contribution >= 0.6 is 0 Å². The number of benzene rings is 2. The second kappa shape index (κ2) is 4.56. The molecular weight excluding hydrogens is 232 g/mol. The Balaban J connectivity index is 2.55. The first-order chi connectivity index (χ1) is 8.78. The van der Waals surface area contributed by atoms with Crippen LogP contribution in [-0.4, -0.2) is 5.11 Å². The fraction of sp³-hybridized carbons (Fsp3) is 0.444. The summed E-state index contributed by atoms with van der Waals surface area (Å²) in [5, 5.41) is 11.8. The summed E-state index contributed by atoms with van der Waals surface area (Å²) in [6, 6.07) is 12.1. The summed E-state index contributed by atoms with van der Waals surface area (Å²) in [6.07, 6.45) is 1.15. The van der Waals surface area contributed by atoms with E-state index in [1.807, 2.05) is 12.1 Å². The third-order valence-electron chi connectivity index (χ3n) is 5.12. The zero-order valence-corrected chi connectivity index (χ0v) is 12.6. The molecule has 0 aromatic heterocycles. The molecule has 2 aromatic rings. The van der Waals surface area contributed by atoms with E-state index < -0.39 is 0 Å². The molecule has 1 N–H and O–H groups in total. The topological polar surface area (TPSA) is 20.2 Å². The van der Waals surface area contributed by atoms with Crippen LogP contribution < -0.4 is 0 Å². The molecule has 2 aromatic carbocycles. The molecule has 0 aliphatic carbocycles. The van der Waals surface area contributed by atoms with Gasteiger partial charge >= 0.3 is 0 Å². The summed E-state index contributed by atoms with van der Waals surface area (Å²) in [5.74, 6) is 0.327. The highest BCUT2D eigenvalue weighted by Crippen LogP contribution is 2.44. The van der Waals surface area contributed by atoms with E-state index in [1.54, 1.807) is 6.07 Å². The molecule has 0 bridgehead atoms. The van der Waals surface area contributed by atoms with Crippen molar-refractivity contribution in [3.8, 4) is 5.75 Å². The van der Waals surface area contributed by atoms with Gasteiger partial charge in [-0.15, -0.1) is 0 Å². The Morgan fingerprint density at radius 2 is 1.47 bits per heavy atom. The highest BCUT2D eigenvalue weighted by atomic mass is 16.3. The van der Waals surface area contributed by atoms with Crippen LogP contribution in [0.15, 0.2) is 36.4 Å². The molecule has 2 rings (SSSR count). The van der Waals surface area contributed by atoms with Crippen molar-refractivity contribution in [2.75, 3.05) is 0 Å². The van der Waals surface area contributed by atoms with Crippen molar-refractivity contribution >= 4 is 10.8 Å². The van der Waals surface area contributed by atoms with Gasteiger partial charge in [0.25, 0.3) is 0 Å². The number of phenolic OH excluding ortho intramolecular Hbond substituents is 1. The quantitative estimate of drug-likeness (QED) is 0.794. The maximum atomic E-state index is 9.53. The predicted molar refractivity (Wildman–Crippen MR) is 82.7 cm³/mol. The molecule has 0 aliphatic rings. The minimum atomic E-state index is 0.119. The summed E-state index contributed by atoms with van der Waals surface area (Å²) >= 11 is 0. The van der Waals surface area contributed by atoms with Gasteiger partial charge in [-0.2, -0.15) is 0 Å². The van der Waals surface area contributed by atoms with Crippen molar-refractivity contribution in [2.24, 2.45) is 5.41 Å². The normalized spacial score (nSPS) is 12.9. The molecule has 0 spiro atoms. The zero-order valence-electron chi connectivity index (χ0n) is 12.6. The first-order valence-electron chi connectivity index (χ1n) is 7.01. The molecule has 0 heterocycles. The van der Waals surface area contributed by atoms with Crippen molar-refractivity contribution in [2.45, 2.75) is 46.5 Å². The van der Waals surface area contributed by atoms with Crippen LogP contribution in [0.4, 0.5) is 0 Å². The van der Waals surface area contributed by atoms with Crippen LogP contribution in [0.1, 0.15) is 46.6 Å². The van der Waals surface area contributed by atoms with Crippen LogP contribution in [-0.2, 0) is 5.41 Å². The standard InChI is InChI=1S/C18H24O/c1-6-17(2,3)18(4,5)15-9-7-14-12-16(19)10-8-13(14)11-15/h7-12,19H,6H2,1-5H3. The SMILES string of the molecule is CCC(C)(C)C(C)(C)c1ccc2cc(O)ccc2c1. The van der Waals surface area contributed by atoms with Gasteiger partial charge in [-0.05, 0) is 39.3 Å². The minimum absolute atomic E-state index is 0.119. The highest BCUT2D eigenvalue weighted by molar-refractivity contribution is 5.84. The fourth-order valence-corrected chi connectivity index (χ4v) is 2.45. The molecule has 102 valence electrons. The second-order valence-electron chi connectivity index (χ2n) is 6.61. The number of hydrogen-bond donors (Lipinski definition) is 1. The Kier molecular flexibility index (Phi) is 3.34. The van der Waals surface area contributed by atoms with Crippen molar-refractivity contribution in [1.82, 2.24) is 0 Å². The van der Waals surface area contributed by atoms with Gasteiger partial charge in [-0.1, -0.05) is 65.3 Å². The zero-order chi connectivity index (χ0) is 14.3. The minimum Gasteiger partial charge on any atom is -0.508 e. The summed E-state index contributed by atoms with van der Waals surface area (Å²) in [7, 11) is 0. The van der Waals surface area contributed by atoms with E-state index in [0.29, 0.717) is 5.75 Å². The molecule has 0 atom stereocenters. The largest absolute Gasteiger partial charge is 0.508 e. The number of fused-ring (bicyclic) bond motifs is 1. The van der Waals surface area contributed by atoms with Crippen molar-refractivity contribution < 1.29 is 5.11 Å². The maximum absolute atomic E-state index is 9.53. The number of aromatic hydroxyl groups is 1. The van der Waals surface area contributed by atoms with E-state index in [4.69, 9.17) is 0 Å². The fourth-order valence-electron chi connectivity index (χ4n) is 2.45. The molecule has 1 heteroatoms. The van der Waals surface area contributed by atoms with Crippen LogP contribution in [0.25, 0.3) is 10.8 Å². The molecule has 0 fully saturated rings. The van der Waals surface area contributed by atoms with Crippen LogP contribution in [0.2, 0.25) is 0 Å². The summed E-state index contributed by atoms with van der Waals surface area (Å²) < 4.78 is 0. The van der Waals surface area contributed by atoms with E-state index in [1.165, 1.54) is 10.9 Å². The molecular formula is C18H24O. The summed E-state index contributed by atoms with van der Waals surface area (Å²) in [4.78, 5) is 0. The highest BCUT2D eigenvalue weighted by Gasteiger charge is 2.36. The molecule has 0 amide bonds. The molecule has 0 saturated heterocycles. The third-order valence-corrected chi connectivity index (χ3v) is 5.12. The molecule has 0 unspecified atom stereocenters. The van der Waals surface area contributed by atoms with E-state index in [0.717, 1.165) is 11.8 Å². The van der Waals surface area contributed by atoms with Crippen LogP contribution in [0.5, 0.6) is 5.75 Å². The predicted octanol–water partition coefficient (Wildman–Crippen LogP) is 5.26. The van der Waals surface area contributed by atoms with Gasteiger partial charge in [-0.25, -0.2) is 0 Å². The van der Waals surface area contributed by atoms with E-state index in [-0.39, 0.29) is 10.8 Å². The first kappa shape index (κ1) is 13.9. The van der Waals surface area contributed by atoms with Crippen molar-refractivity contribution in [1.29, 1.82) is 0 Å². The maximum Gasteiger partial charge on any atom is 0.116 e. The van der Waals surface area contributed by atoms with Gasteiger partial charge in [0.15, 0.2) is 0 Å². The van der Waals surface area contributed by atoms with Gasteiger partial charge in [0.2, 0.25) is 0 Å². The first-order valence-corrected chi connectivity index (χ1v) is 7.01. The van der Waals surface area contributed by atoms with Gasteiger partial charge in [-0.3, -0.25) is 0 Å². The Hall–Kier alpha value is -1.50. The molecule has 0 radical (unpaired) electrons. The molecule has 0 saturated carbocycles. The average Bonchev–Trinajstić information content (AvgIpc) is 2.37. The van der Waals surface area contributed by atoms with Crippen LogP contribution in [0.3, 0.4) is 0 Å². The van der Waals surface area contributed by atoms with Gasteiger partial charge in [0.1, 0.15) is 5.75 Å². The molecule has 19 heavy (non-hydrogen) atoms. The van der Waals surface area contributed by atoms with Gasteiger partial charge < -0.3 is 5.11 Å². The smallest absolute Gasteiger partial charge is 0.116 e. The Morgan fingerprint density at radius 3 is 2.11 bits per heavy atom. The lowest BCUT2D eigenvalue weighted by molar-refractivity contribution is 0.189. The van der Waals surface area contributed by atoms with Crippen LogP contribution in [0, 0.1) is 5.41 Å². The van der Waals surface area contributed by atoms with Gasteiger partial charge in [0.05, 0.1) is 0 Å². The lowest BCUT2D eigenvalue weighted by atomic mass is 9.63. The second-order valence-corrected chi connectivity index (χ2v) is 6.61. The molecule has 0 aliphatic heterocycles.